The van der Waals surface area contributed by atoms with E-state index < -0.39 is 5.82 Å². The molecule has 2 atom stereocenters. The number of halogens is 3. The molecule has 4 rings (SSSR count). The fourth-order valence-corrected chi connectivity index (χ4v) is 4.77. The van der Waals surface area contributed by atoms with Gasteiger partial charge in [0.05, 0.1) is 10.7 Å². The number of anilines is 1. The Bertz CT molecular complexity index is 927. The van der Waals surface area contributed by atoms with Crippen molar-refractivity contribution in [3.05, 3.63) is 45.7 Å². The molecule has 1 amide bonds. The minimum Gasteiger partial charge on any atom is -0.321 e. The Morgan fingerprint density at radius 1 is 1.26 bits per heavy atom. The summed E-state index contributed by atoms with van der Waals surface area (Å²) in [4.78, 5) is 29.0. The van der Waals surface area contributed by atoms with Gasteiger partial charge in [-0.15, -0.1) is 0 Å². The number of fused-ring (bicyclic) bond motifs is 1. The minimum absolute atomic E-state index is 0.0654. The number of carbonyl (C=O) groups excluding carboxylic acids is 2. The zero-order valence-electron chi connectivity index (χ0n) is 14.6. The van der Waals surface area contributed by atoms with E-state index in [9.17, 15) is 14.0 Å². The molecule has 5 nitrogen and oxygen atoms in total. The number of nitrogens with zero attached hydrogens (tertiary/aromatic N) is 2. The molecule has 1 N–H and O–H groups in total. The number of hydrogen-bond donors (Lipinski definition) is 1. The third-order valence-electron chi connectivity index (χ3n) is 5.67. The van der Waals surface area contributed by atoms with E-state index in [1.54, 1.807) is 11.6 Å². The maximum Gasteiger partial charge on any atom is 0.274 e. The fraction of sp³-hybridized carbons (Fsp3) is 0.421. The topological polar surface area (TPSA) is 64.0 Å². The van der Waals surface area contributed by atoms with Crippen molar-refractivity contribution in [1.82, 2.24) is 9.55 Å². The minimum atomic E-state index is -0.550. The van der Waals surface area contributed by atoms with E-state index in [2.05, 4.69) is 10.3 Å². The lowest BCUT2D eigenvalue weighted by Gasteiger charge is -2.13. The second kappa shape index (κ2) is 6.91. The number of nitrogens with one attached hydrogen (secondary N) is 1. The van der Waals surface area contributed by atoms with Gasteiger partial charge in [0.15, 0.2) is 0 Å². The maximum absolute atomic E-state index is 13.3. The summed E-state index contributed by atoms with van der Waals surface area (Å²) < 4.78 is 14.9. The van der Waals surface area contributed by atoms with Crippen molar-refractivity contribution in [2.24, 2.45) is 18.9 Å². The average molecular weight is 410 g/mol. The van der Waals surface area contributed by atoms with Gasteiger partial charge in [-0.2, -0.15) is 0 Å². The number of rotatable bonds is 3. The molecule has 0 spiro atoms. The Hall–Kier alpha value is -1.92. The molecule has 2 fully saturated rings. The zero-order valence-corrected chi connectivity index (χ0v) is 16.1. The Labute approximate surface area is 165 Å². The van der Waals surface area contributed by atoms with Gasteiger partial charge in [-0.05, 0) is 54.5 Å². The molecule has 27 heavy (non-hydrogen) atoms. The second-order valence-electron chi connectivity index (χ2n) is 7.39. The van der Waals surface area contributed by atoms with Gasteiger partial charge >= 0.3 is 0 Å². The highest BCUT2D eigenvalue weighted by molar-refractivity contribution is 6.31. The van der Waals surface area contributed by atoms with Crippen molar-refractivity contribution in [2.45, 2.75) is 31.6 Å². The van der Waals surface area contributed by atoms with E-state index in [0.29, 0.717) is 47.5 Å². The second-order valence-corrected chi connectivity index (χ2v) is 8.14. The van der Waals surface area contributed by atoms with Crippen molar-refractivity contribution >= 4 is 40.6 Å². The summed E-state index contributed by atoms with van der Waals surface area (Å²) in [7, 11) is 1.69. The van der Waals surface area contributed by atoms with Crippen molar-refractivity contribution in [3.8, 4) is 0 Å². The average Bonchev–Trinajstić information content (AvgIpc) is 3.22. The Morgan fingerprint density at radius 2 is 1.93 bits per heavy atom. The normalized spacial score (nSPS) is 24.3. The number of carbonyl (C=O) groups is 2. The summed E-state index contributed by atoms with van der Waals surface area (Å²) in [5, 5.41) is 2.91. The molecule has 1 aromatic heterocycles. The maximum atomic E-state index is 13.3. The van der Waals surface area contributed by atoms with E-state index in [1.807, 2.05) is 0 Å². The van der Waals surface area contributed by atoms with Crippen LogP contribution in [-0.2, 0) is 11.8 Å². The van der Waals surface area contributed by atoms with Crippen molar-refractivity contribution in [3.63, 3.8) is 0 Å². The first-order valence-corrected chi connectivity index (χ1v) is 9.59. The van der Waals surface area contributed by atoms with Gasteiger partial charge in [0, 0.05) is 31.5 Å². The molecule has 2 aliphatic carbocycles. The quantitative estimate of drug-likeness (QED) is 0.805. The monoisotopic (exact) mass is 409 g/mol. The molecule has 2 saturated carbocycles. The Kier molecular flexibility index (Phi) is 4.72. The molecule has 2 aromatic rings. The molecule has 142 valence electrons. The zero-order chi connectivity index (χ0) is 19.3. The predicted octanol–water partition coefficient (Wildman–Crippen LogP) is 4.59. The predicted molar refractivity (Wildman–Crippen MR) is 101 cm³/mol. The standard InChI is InChI=1S/C19H18Cl2FN3O2/c1-25-17(18(27)23-12-2-3-15(22)14(20)8-12)16(24-19(25)21)11-4-9-6-13(26)7-10(9)5-11/h2-3,8-11H,4-7H2,1H3,(H,23,27). The van der Waals surface area contributed by atoms with Crippen LogP contribution in [0.15, 0.2) is 18.2 Å². The summed E-state index contributed by atoms with van der Waals surface area (Å²) in [5.74, 6) is 0.247. The van der Waals surface area contributed by atoms with E-state index in [0.717, 1.165) is 12.8 Å². The Morgan fingerprint density at radius 3 is 2.56 bits per heavy atom. The molecule has 0 radical (unpaired) electrons. The number of benzene rings is 1. The molecule has 2 unspecified atom stereocenters. The van der Waals surface area contributed by atoms with Gasteiger partial charge in [0.25, 0.3) is 5.91 Å². The molecule has 0 aliphatic heterocycles. The van der Waals surface area contributed by atoms with E-state index in [1.165, 1.54) is 18.2 Å². The van der Waals surface area contributed by atoms with E-state index >= 15 is 0 Å². The number of ketones is 1. The molecule has 1 heterocycles. The number of aromatic nitrogens is 2. The summed E-state index contributed by atoms with van der Waals surface area (Å²) in [6.45, 7) is 0. The van der Waals surface area contributed by atoms with Crippen LogP contribution in [0, 0.1) is 17.7 Å². The van der Waals surface area contributed by atoms with Gasteiger partial charge in [0.1, 0.15) is 17.3 Å². The fourth-order valence-electron chi connectivity index (χ4n) is 4.41. The molecular formula is C19H18Cl2FN3O2. The number of hydrogen-bond acceptors (Lipinski definition) is 3. The highest BCUT2D eigenvalue weighted by Crippen LogP contribution is 2.49. The summed E-state index contributed by atoms with van der Waals surface area (Å²) >= 11 is 12.0. The van der Waals surface area contributed by atoms with E-state index in [-0.39, 0.29) is 22.1 Å². The molecule has 1 aromatic carbocycles. The number of amides is 1. The molecular weight excluding hydrogens is 392 g/mol. The Balaban J connectivity index is 1.60. The van der Waals surface area contributed by atoms with Crippen LogP contribution in [-0.4, -0.2) is 21.2 Å². The van der Waals surface area contributed by atoms with Crippen molar-refractivity contribution in [2.75, 3.05) is 5.32 Å². The third kappa shape index (κ3) is 3.36. The van der Waals surface area contributed by atoms with E-state index in [4.69, 9.17) is 23.2 Å². The van der Waals surface area contributed by atoms with Gasteiger partial charge in [-0.25, -0.2) is 9.37 Å². The van der Waals surface area contributed by atoms with Crippen LogP contribution in [0.2, 0.25) is 10.3 Å². The molecule has 0 bridgehead atoms. The molecule has 8 heteroatoms. The van der Waals surface area contributed by atoms with Crippen LogP contribution in [0.25, 0.3) is 0 Å². The molecule has 2 aliphatic rings. The summed E-state index contributed by atoms with van der Waals surface area (Å²) in [6, 6.07) is 4.00. The van der Waals surface area contributed by atoms with Crippen molar-refractivity contribution in [1.29, 1.82) is 0 Å². The first-order valence-electron chi connectivity index (χ1n) is 8.83. The van der Waals surface area contributed by atoms with Crippen LogP contribution in [0.4, 0.5) is 10.1 Å². The number of Topliss-reactive ketones (excluding diaryl/α,β-unsaturated/α-hetero) is 1. The summed E-state index contributed by atoms with van der Waals surface area (Å²) in [5.41, 5.74) is 1.44. The van der Waals surface area contributed by atoms with Gasteiger partial charge in [-0.1, -0.05) is 11.6 Å². The number of imidazole rings is 1. The van der Waals surface area contributed by atoms with Crippen LogP contribution in [0.1, 0.15) is 47.8 Å². The highest BCUT2D eigenvalue weighted by Gasteiger charge is 2.43. The third-order valence-corrected chi connectivity index (χ3v) is 6.30. The SMILES string of the molecule is Cn1c(Cl)nc(C2CC3CC(=O)CC3C2)c1C(=O)Nc1ccc(F)c(Cl)c1. The lowest BCUT2D eigenvalue weighted by Crippen LogP contribution is -2.18. The van der Waals surface area contributed by atoms with Crippen LogP contribution >= 0.6 is 23.2 Å². The lowest BCUT2D eigenvalue weighted by atomic mass is 9.97. The summed E-state index contributed by atoms with van der Waals surface area (Å²) in [6.07, 6.45) is 2.92. The first-order chi connectivity index (χ1) is 12.8. The smallest absolute Gasteiger partial charge is 0.274 e. The molecule has 0 saturated heterocycles. The van der Waals surface area contributed by atoms with Crippen LogP contribution in [0.5, 0.6) is 0 Å². The van der Waals surface area contributed by atoms with Crippen LogP contribution < -0.4 is 5.32 Å². The largest absolute Gasteiger partial charge is 0.321 e. The van der Waals surface area contributed by atoms with Gasteiger partial charge in [0.2, 0.25) is 5.28 Å². The van der Waals surface area contributed by atoms with Gasteiger partial charge < -0.3 is 9.88 Å². The highest BCUT2D eigenvalue weighted by atomic mass is 35.5. The van der Waals surface area contributed by atoms with Crippen molar-refractivity contribution < 1.29 is 14.0 Å². The van der Waals surface area contributed by atoms with Gasteiger partial charge in [-0.3, -0.25) is 9.59 Å². The first kappa shape index (κ1) is 18.4. The lowest BCUT2D eigenvalue weighted by molar-refractivity contribution is -0.117. The van der Waals surface area contributed by atoms with Crippen LogP contribution in [0.3, 0.4) is 0 Å².